The molecule has 0 saturated heterocycles. The fourth-order valence-corrected chi connectivity index (χ4v) is 1.44. The molecule has 60 valence electrons. The molecule has 1 fully saturated rings. The molecule has 1 atom stereocenters. The minimum atomic E-state index is -0.337. The summed E-state index contributed by atoms with van der Waals surface area (Å²) in [6.45, 7) is 4.16. The number of hydrogen-bond acceptors (Lipinski definition) is 1. The number of unbranched alkanes of at least 4 members (excludes halogenated alkanes) is 1. The van der Waals surface area contributed by atoms with Crippen molar-refractivity contribution in [2.75, 3.05) is 0 Å². The monoisotopic (exact) mass is 142 g/mol. The van der Waals surface area contributed by atoms with Gasteiger partial charge in [0.05, 0.1) is 5.60 Å². The second-order valence-electron chi connectivity index (χ2n) is 3.73. The summed E-state index contributed by atoms with van der Waals surface area (Å²) in [6, 6.07) is 0. The van der Waals surface area contributed by atoms with Gasteiger partial charge in [0.1, 0.15) is 0 Å². The Bertz CT molecular complexity index is 103. The lowest BCUT2D eigenvalue weighted by molar-refractivity contribution is 0.0260. The van der Waals surface area contributed by atoms with E-state index in [-0.39, 0.29) is 5.60 Å². The largest absolute Gasteiger partial charge is 0.390 e. The van der Waals surface area contributed by atoms with E-state index in [1.165, 1.54) is 25.7 Å². The third-order valence-corrected chi connectivity index (χ3v) is 2.49. The Hall–Kier alpha value is -0.0400. The number of hydrogen-bond donors (Lipinski definition) is 1. The second-order valence-corrected chi connectivity index (χ2v) is 3.73. The molecule has 0 bridgehead atoms. The van der Waals surface area contributed by atoms with Gasteiger partial charge < -0.3 is 5.11 Å². The smallest absolute Gasteiger partial charge is 0.0647 e. The van der Waals surface area contributed by atoms with Crippen molar-refractivity contribution in [2.24, 2.45) is 5.92 Å². The molecule has 1 unspecified atom stereocenters. The van der Waals surface area contributed by atoms with Gasteiger partial charge in [-0.1, -0.05) is 19.8 Å². The van der Waals surface area contributed by atoms with Crippen LogP contribution in [-0.4, -0.2) is 10.7 Å². The van der Waals surface area contributed by atoms with Gasteiger partial charge >= 0.3 is 0 Å². The minimum absolute atomic E-state index is 0.337. The molecule has 0 spiro atoms. The van der Waals surface area contributed by atoms with E-state index in [0.717, 1.165) is 6.42 Å². The van der Waals surface area contributed by atoms with Gasteiger partial charge in [-0.2, -0.15) is 0 Å². The topological polar surface area (TPSA) is 20.2 Å². The molecular formula is C9H18O. The zero-order valence-electron chi connectivity index (χ0n) is 7.06. The van der Waals surface area contributed by atoms with Crippen LogP contribution in [0, 0.1) is 5.92 Å². The van der Waals surface area contributed by atoms with Gasteiger partial charge in [0.25, 0.3) is 0 Å². The Morgan fingerprint density at radius 3 is 2.50 bits per heavy atom. The molecule has 10 heavy (non-hydrogen) atoms. The summed E-state index contributed by atoms with van der Waals surface area (Å²) in [7, 11) is 0. The number of aliphatic hydroxyl groups is 1. The first-order chi connectivity index (χ1) is 4.67. The summed E-state index contributed by atoms with van der Waals surface area (Å²) < 4.78 is 0. The van der Waals surface area contributed by atoms with Crippen molar-refractivity contribution in [2.45, 2.75) is 51.6 Å². The average Bonchev–Trinajstić information content (AvgIpc) is 2.64. The van der Waals surface area contributed by atoms with Crippen molar-refractivity contribution in [3.63, 3.8) is 0 Å². The predicted molar refractivity (Wildman–Crippen MR) is 42.9 cm³/mol. The van der Waals surface area contributed by atoms with Gasteiger partial charge in [-0.25, -0.2) is 0 Å². The summed E-state index contributed by atoms with van der Waals surface area (Å²) in [6.07, 6.45) is 5.86. The maximum Gasteiger partial charge on any atom is 0.0647 e. The lowest BCUT2D eigenvalue weighted by Gasteiger charge is -2.22. The van der Waals surface area contributed by atoms with E-state index in [2.05, 4.69) is 6.92 Å². The standard InChI is InChI=1S/C9H18O/c1-3-4-7-9(2,10)8-5-6-8/h8,10H,3-7H2,1-2H3. The molecule has 1 rings (SSSR count). The predicted octanol–water partition coefficient (Wildman–Crippen LogP) is 2.34. The molecule has 0 aliphatic heterocycles. The van der Waals surface area contributed by atoms with Crippen LogP contribution in [0.1, 0.15) is 46.0 Å². The van der Waals surface area contributed by atoms with Crippen molar-refractivity contribution < 1.29 is 5.11 Å². The maximum atomic E-state index is 9.79. The lowest BCUT2D eigenvalue weighted by Crippen LogP contribution is -2.26. The van der Waals surface area contributed by atoms with Gasteiger partial charge in [-0.15, -0.1) is 0 Å². The van der Waals surface area contributed by atoms with Crippen LogP contribution in [0.15, 0.2) is 0 Å². The van der Waals surface area contributed by atoms with Crippen LogP contribution in [0.3, 0.4) is 0 Å². The van der Waals surface area contributed by atoms with Crippen LogP contribution < -0.4 is 0 Å². The second kappa shape index (κ2) is 2.91. The van der Waals surface area contributed by atoms with Crippen molar-refractivity contribution in [1.29, 1.82) is 0 Å². The molecule has 0 heterocycles. The molecule has 0 aromatic heterocycles. The third-order valence-electron chi connectivity index (χ3n) is 2.49. The first-order valence-corrected chi connectivity index (χ1v) is 4.39. The van der Waals surface area contributed by atoms with E-state index in [1.54, 1.807) is 0 Å². The summed E-state index contributed by atoms with van der Waals surface area (Å²) in [4.78, 5) is 0. The first-order valence-electron chi connectivity index (χ1n) is 4.39. The van der Waals surface area contributed by atoms with Crippen molar-refractivity contribution in [3.8, 4) is 0 Å². The molecule has 1 aliphatic rings. The van der Waals surface area contributed by atoms with Crippen LogP contribution in [0.2, 0.25) is 0 Å². The van der Waals surface area contributed by atoms with Crippen LogP contribution in [0.4, 0.5) is 0 Å². The minimum Gasteiger partial charge on any atom is -0.390 e. The molecule has 1 N–H and O–H groups in total. The SMILES string of the molecule is CCCCC(C)(O)C1CC1. The summed E-state index contributed by atoms with van der Waals surface area (Å²) in [5.41, 5.74) is -0.337. The lowest BCUT2D eigenvalue weighted by atomic mass is 9.94. The zero-order chi connectivity index (χ0) is 7.61. The Morgan fingerprint density at radius 1 is 1.50 bits per heavy atom. The summed E-state index contributed by atoms with van der Waals surface area (Å²) in [5, 5.41) is 9.79. The Balaban J connectivity index is 2.20. The van der Waals surface area contributed by atoms with Gasteiger partial charge in [0.2, 0.25) is 0 Å². The molecule has 0 amide bonds. The van der Waals surface area contributed by atoms with E-state index < -0.39 is 0 Å². The van der Waals surface area contributed by atoms with E-state index in [9.17, 15) is 5.11 Å². The summed E-state index contributed by atoms with van der Waals surface area (Å²) in [5.74, 6) is 0.624. The van der Waals surface area contributed by atoms with Crippen molar-refractivity contribution >= 4 is 0 Å². The normalized spacial score (nSPS) is 24.3. The van der Waals surface area contributed by atoms with Crippen molar-refractivity contribution in [1.82, 2.24) is 0 Å². The van der Waals surface area contributed by atoms with Crippen LogP contribution in [-0.2, 0) is 0 Å². The third kappa shape index (κ3) is 1.98. The van der Waals surface area contributed by atoms with E-state index >= 15 is 0 Å². The molecule has 1 aliphatic carbocycles. The first kappa shape index (κ1) is 8.06. The highest BCUT2D eigenvalue weighted by Gasteiger charge is 2.38. The van der Waals surface area contributed by atoms with E-state index in [0.29, 0.717) is 5.92 Å². The zero-order valence-corrected chi connectivity index (χ0v) is 7.06. The van der Waals surface area contributed by atoms with Crippen LogP contribution >= 0.6 is 0 Å². The Labute approximate surface area is 63.4 Å². The molecule has 1 heteroatoms. The molecule has 1 saturated carbocycles. The van der Waals surface area contributed by atoms with Crippen molar-refractivity contribution in [3.05, 3.63) is 0 Å². The molecular weight excluding hydrogens is 124 g/mol. The van der Waals surface area contributed by atoms with Gasteiger partial charge in [0, 0.05) is 0 Å². The van der Waals surface area contributed by atoms with Gasteiger partial charge in [-0.05, 0) is 32.1 Å². The van der Waals surface area contributed by atoms with E-state index in [1.807, 2.05) is 6.92 Å². The highest BCUT2D eigenvalue weighted by atomic mass is 16.3. The van der Waals surface area contributed by atoms with Crippen LogP contribution in [0.25, 0.3) is 0 Å². The average molecular weight is 142 g/mol. The molecule has 0 aromatic rings. The maximum absolute atomic E-state index is 9.79. The highest BCUT2D eigenvalue weighted by molar-refractivity contribution is 4.90. The quantitative estimate of drug-likeness (QED) is 0.638. The molecule has 0 radical (unpaired) electrons. The molecule has 1 nitrogen and oxygen atoms in total. The Morgan fingerprint density at radius 2 is 2.10 bits per heavy atom. The van der Waals surface area contributed by atoms with E-state index in [4.69, 9.17) is 0 Å². The summed E-state index contributed by atoms with van der Waals surface area (Å²) >= 11 is 0. The Kier molecular flexibility index (Phi) is 2.35. The fourth-order valence-electron chi connectivity index (χ4n) is 1.44. The van der Waals surface area contributed by atoms with Gasteiger partial charge in [-0.3, -0.25) is 0 Å². The highest BCUT2D eigenvalue weighted by Crippen LogP contribution is 2.41. The van der Waals surface area contributed by atoms with Gasteiger partial charge in [0.15, 0.2) is 0 Å². The number of rotatable bonds is 4. The van der Waals surface area contributed by atoms with Crippen LogP contribution in [0.5, 0.6) is 0 Å². The molecule has 0 aromatic carbocycles. The fraction of sp³-hybridized carbons (Fsp3) is 1.00.